The zero-order valence-corrected chi connectivity index (χ0v) is 23.9. The van der Waals surface area contributed by atoms with Crippen LogP contribution in [-0.2, 0) is 37.0 Å². The van der Waals surface area contributed by atoms with E-state index in [1.54, 1.807) is 31.3 Å². The Morgan fingerprint density at radius 2 is 1.51 bits per heavy atom. The first-order chi connectivity index (χ1) is 19.6. The number of carbonyl (C=O) groups excluding carboxylic acids is 2. The third-order valence-electron chi connectivity index (χ3n) is 7.48. The summed E-state index contributed by atoms with van der Waals surface area (Å²) in [5, 5.41) is 0. The first-order valence-corrected chi connectivity index (χ1v) is 14.9. The largest absolute Gasteiger partial charge is 0.497 e. The van der Waals surface area contributed by atoms with Gasteiger partial charge in [0.2, 0.25) is 0 Å². The number of β-lactam (4-membered cyclic amide) rings is 1. The van der Waals surface area contributed by atoms with Crippen molar-refractivity contribution < 1.29 is 36.4 Å². The Morgan fingerprint density at radius 1 is 0.902 bits per heavy atom. The molecule has 3 aromatic rings. The SMILES string of the molecule is COc1ccc(CN2C(=O)[C@]3(C[C@@H](OS(C)(=O)=O)CN3C(=O)OCc3ccccc3)[C@H]2c2ccc(OC)cc2)cc1. The Bertz CT molecular complexity index is 1500. The molecule has 0 unspecified atom stereocenters. The van der Waals surface area contributed by atoms with Crippen molar-refractivity contribution in [1.82, 2.24) is 9.80 Å². The molecule has 0 aliphatic carbocycles. The fourth-order valence-corrected chi connectivity index (χ4v) is 6.33. The van der Waals surface area contributed by atoms with Crippen molar-refractivity contribution >= 4 is 22.1 Å². The van der Waals surface area contributed by atoms with Crippen molar-refractivity contribution in [1.29, 1.82) is 0 Å². The van der Waals surface area contributed by atoms with Gasteiger partial charge < -0.3 is 19.1 Å². The zero-order chi connectivity index (χ0) is 29.2. The van der Waals surface area contributed by atoms with Gasteiger partial charge in [0.15, 0.2) is 5.54 Å². The predicted molar refractivity (Wildman–Crippen MR) is 150 cm³/mol. The second-order valence-electron chi connectivity index (χ2n) is 10.2. The number of rotatable bonds is 9. The smallest absolute Gasteiger partial charge is 0.411 e. The third-order valence-corrected chi connectivity index (χ3v) is 8.10. The Kier molecular flexibility index (Phi) is 7.92. The number of benzene rings is 3. The lowest BCUT2D eigenvalue weighted by Crippen LogP contribution is -2.73. The first kappa shape index (κ1) is 28.4. The van der Waals surface area contributed by atoms with Crippen LogP contribution < -0.4 is 9.47 Å². The number of nitrogens with zero attached hydrogens (tertiary/aromatic N) is 2. The van der Waals surface area contributed by atoms with Crippen LogP contribution in [0, 0.1) is 0 Å². The average molecular weight is 581 g/mol. The van der Waals surface area contributed by atoms with Crippen molar-refractivity contribution in [2.24, 2.45) is 0 Å². The Hall–Kier alpha value is -4.09. The van der Waals surface area contributed by atoms with Crippen LogP contribution in [0.25, 0.3) is 0 Å². The summed E-state index contributed by atoms with van der Waals surface area (Å²) < 4.78 is 45.7. The highest BCUT2D eigenvalue weighted by molar-refractivity contribution is 7.86. The summed E-state index contributed by atoms with van der Waals surface area (Å²) in [5.41, 5.74) is 1.02. The maximum atomic E-state index is 14.1. The molecule has 5 rings (SSSR count). The molecule has 0 N–H and O–H groups in total. The Labute approximate surface area is 239 Å². The van der Waals surface area contributed by atoms with Crippen molar-refractivity contribution in [3.63, 3.8) is 0 Å². The summed E-state index contributed by atoms with van der Waals surface area (Å²) in [5.74, 6) is 1.01. The lowest BCUT2D eigenvalue weighted by atomic mass is 9.72. The maximum Gasteiger partial charge on any atom is 0.411 e. The van der Waals surface area contributed by atoms with E-state index >= 15 is 0 Å². The van der Waals surface area contributed by atoms with Gasteiger partial charge in [0.1, 0.15) is 18.1 Å². The minimum atomic E-state index is -3.86. The van der Waals surface area contributed by atoms with Gasteiger partial charge in [-0.15, -0.1) is 0 Å². The summed E-state index contributed by atoms with van der Waals surface area (Å²) in [6.07, 6.45) is -0.684. The highest BCUT2D eigenvalue weighted by atomic mass is 32.2. The maximum absolute atomic E-state index is 14.1. The van der Waals surface area contributed by atoms with Gasteiger partial charge in [-0.1, -0.05) is 54.6 Å². The number of carbonyl (C=O) groups is 2. The van der Waals surface area contributed by atoms with E-state index in [2.05, 4.69) is 0 Å². The summed E-state index contributed by atoms with van der Waals surface area (Å²) in [4.78, 5) is 30.8. The molecule has 0 saturated carbocycles. The summed E-state index contributed by atoms with van der Waals surface area (Å²) >= 11 is 0. The Balaban J connectivity index is 1.51. The standard InChI is InChI=1S/C30H32N2O8S/c1-37-24-13-9-21(10-14-24)18-31-27(23-11-15-25(38-2)16-12-23)30(28(31)33)17-26(40-41(3,35)36)19-32(30)29(34)39-20-22-7-5-4-6-8-22/h4-16,26-27H,17-20H2,1-3H3/t26-,27-,30+/m1/s1. The molecule has 2 aliphatic rings. The van der Waals surface area contributed by atoms with E-state index in [1.807, 2.05) is 66.7 Å². The molecule has 0 aromatic heterocycles. The second kappa shape index (κ2) is 11.4. The van der Waals surface area contributed by atoms with E-state index in [9.17, 15) is 18.0 Å². The normalized spacial score (nSPS) is 22.0. The molecule has 3 aromatic carbocycles. The molecule has 41 heavy (non-hydrogen) atoms. The molecule has 0 radical (unpaired) electrons. The van der Waals surface area contributed by atoms with Gasteiger partial charge in [0, 0.05) is 13.0 Å². The van der Waals surface area contributed by atoms with Crippen molar-refractivity contribution in [2.75, 3.05) is 27.0 Å². The molecular formula is C30H32N2O8S. The molecule has 1 spiro atoms. The van der Waals surface area contributed by atoms with Crippen molar-refractivity contribution in [2.45, 2.75) is 37.3 Å². The van der Waals surface area contributed by atoms with Crippen LogP contribution in [0.1, 0.15) is 29.2 Å². The van der Waals surface area contributed by atoms with E-state index in [0.717, 1.165) is 22.9 Å². The Morgan fingerprint density at radius 3 is 2.10 bits per heavy atom. The lowest BCUT2D eigenvalue weighted by Gasteiger charge is -2.57. The van der Waals surface area contributed by atoms with Gasteiger partial charge in [-0.25, -0.2) is 4.79 Å². The number of hydrogen-bond acceptors (Lipinski definition) is 8. The molecule has 216 valence electrons. The summed E-state index contributed by atoms with van der Waals surface area (Å²) in [7, 11) is -0.711. The number of methoxy groups -OCH3 is 2. The highest BCUT2D eigenvalue weighted by Gasteiger charge is 2.69. The predicted octanol–water partition coefficient (Wildman–Crippen LogP) is 3.91. The molecule has 10 nitrogen and oxygen atoms in total. The topological polar surface area (TPSA) is 112 Å². The molecule has 2 saturated heterocycles. The first-order valence-electron chi connectivity index (χ1n) is 13.1. The number of likely N-dealkylation sites (tertiary alicyclic amines) is 2. The van der Waals surface area contributed by atoms with Crippen LogP contribution in [0.5, 0.6) is 11.5 Å². The van der Waals surface area contributed by atoms with Gasteiger partial charge in [-0.3, -0.25) is 13.9 Å². The molecule has 0 bridgehead atoms. The van der Waals surface area contributed by atoms with Crippen LogP contribution in [0.3, 0.4) is 0 Å². The van der Waals surface area contributed by atoms with E-state index < -0.39 is 33.9 Å². The zero-order valence-electron chi connectivity index (χ0n) is 23.1. The van der Waals surface area contributed by atoms with E-state index in [4.69, 9.17) is 18.4 Å². The fraction of sp³-hybridized carbons (Fsp3) is 0.333. The molecule has 2 aliphatic heterocycles. The second-order valence-corrected chi connectivity index (χ2v) is 11.8. The van der Waals surface area contributed by atoms with Crippen LogP contribution in [0.15, 0.2) is 78.9 Å². The van der Waals surface area contributed by atoms with E-state index in [1.165, 1.54) is 4.90 Å². The fourth-order valence-electron chi connectivity index (χ4n) is 5.70. The van der Waals surface area contributed by atoms with Gasteiger partial charge in [-0.05, 0) is 41.0 Å². The van der Waals surface area contributed by atoms with E-state index in [0.29, 0.717) is 11.5 Å². The summed E-state index contributed by atoms with van der Waals surface area (Å²) in [6, 6.07) is 23.2. The minimum absolute atomic E-state index is 0.000803. The van der Waals surface area contributed by atoms with Crippen LogP contribution in [-0.4, -0.2) is 68.9 Å². The number of amides is 2. The van der Waals surface area contributed by atoms with Crippen molar-refractivity contribution in [3.8, 4) is 11.5 Å². The lowest BCUT2D eigenvalue weighted by molar-refractivity contribution is -0.174. The highest BCUT2D eigenvalue weighted by Crippen LogP contribution is 2.54. The van der Waals surface area contributed by atoms with Crippen molar-refractivity contribution in [3.05, 3.63) is 95.6 Å². The third kappa shape index (κ3) is 5.73. The molecule has 2 amide bonds. The van der Waals surface area contributed by atoms with Crippen LogP contribution in [0.4, 0.5) is 4.79 Å². The quantitative estimate of drug-likeness (QED) is 0.277. The van der Waals surface area contributed by atoms with Gasteiger partial charge in [0.05, 0.1) is 39.2 Å². The molecule has 2 heterocycles. The van der Waals surface area contributed by atoms with Gasteiger partial charge in [0.25, 0.3) is 16.0 Å². The monoisotopic (exact) mass is 580 g/mol. The van der Waals surface area contributed by atoms with Crippen LogP contribution in [0.2, 0.25) is 0 Å². The molecule has 2 fully saturated rings. The van der Waals surface area contributed by atoms with Gasteiger partial charge in [-0.2, -0.15) is 8.42 Å². The summed E-state index contributed by atoms with van der Waals surface area (Å²) in [6.45, 7) is 0.155. The molecule has 11 heteroatoms. The van der Waals surface area contributed by atoms with Gasteiger partial charge >= 0.3 is 6.09 Å². The van der Waals surface area contributed by atoms with E-state index in [-0.39, 0.29) is 32.0 Å². The minimum Gasteiger partial charge on any atom is -0.497 e. The molecular weight excluding hydrogens is 548 g/mol. The average Bonchev–Trinajstić information content (AvgIpc) is 3.36. The van der Waals surface area contributed by atoms with Crippen LogP contribution >= 0.6 is 0 Å². The number of ether oxygens (including phenoxy) is 3. The number of hydrogen-bond donors (Lipinski definition) is 0. The molecule has 3 atom stereocenters.